The van der Waals surface area contributed by atoms with E-state index in [0.29, 0.717) is 13.2 Å². The van der Waals surface area contributed by atoms with Crippen LogP contribution >= 0.6 is 0 Å². The standard InChI is InChI=1S/C15H18FNO2/c1-10(2)12(7-17)15(8-19-9-15)11-4-5-14(18-3)13(16)6-11/h4-6,10,12H,8-9H2,1-3H3. The fourth-order valence-corrected chi connectivity index (χ4v) is 2.73. The number of ether oxygens (including phenoxy) is 2. The molecule has 102 valence electrons. The van der Waals surface area contributed by atoms with Gasteiger partial charge in [0.25, 0.3) is 0 Å². The van der Waals surface area contributed by atoms with Crippen LogP contribution in [0.15, 0.2) is 18.2 Å². The van der Waals surface area contributed by atoms with E-state index in [0.717, 1.165) is 5.56 Å². The van der Waals surface area contributed by atoms with E-state index in [4.69, 9.17) is 9.47 Å². The molecule has 0 N–H and O–H groups in total. The minimum Gasteiger partial charge on any atom is -0.494 e. The molecule has 1 fully saturated rings. The minimum absolute atomic E-state index is 0.186. The summed E-state index contributed by atoms with van der Waals surface area (Å²) in [6.07, 6.45) is 0. The Morgan fingerprint density at radius 1 is 1.42 bits per heavy atom. The number of methoxy groups -OCH3 is 1. The molecule has 1 aliphatic rings. The predicted molar refractivity (Wildman–Crippen MR) is 69.4 cm³/mol. The van der Waals surface area contributed by atoms with Gasteiger partial charge in [-0.25, -0.2) is 4.39 Å². The Bertz CT molecular complexity index is 503. The zero-order valence-corrected chi connectivity index (χ0v) is 11.4. The first-order chi connectivity index (χ1) is 9.05. The van der Waals surface area contributed by atoms with E-state index >= 15 is 0 Å². The molecule has 0 amide bonds. The monoisotopic (exact) mass is 263 g/mol. The SMILES string of the molecule is COc1ccc(C2(C(C#N)C(C)C)COC2)cc1F. The normalized spacial score (nSPS) is 18.5. The quantitative estimate of drug-likeness (QED) is 0.838. The maximum absolute atomic E-state index is 13.9. The lowest BCUT2D eigenvalue weighted by atomic mass is 9.65. The summed E-state index contributed by atoms with van der Waals surface area (Å²) in [7, 11) is 1.44. The molecule has 1 heterocycles. The van der Waals surface area contributed by atoms with Crippen molar-refractivity contribution >= 4 is 0 Å². The molecule has 1 aromatic rings. The second kappa shape index (κ2) is 5.18. The summed E-state index contributed by atoms with van der Waals surface area (Å²) >= 11 is 0. The zero-order valence-electron chi connectivity index (χ0n) is 11.4. The van der Waals surface area contributed by atoms with Crippen molar-refractivity contribution in [1.29, 1.82) is 5.26 Å². The van der Waals surface area contributed by atoms with Crippen LogP contribution in [0.2, 0.25) is 0 Å². The van der Waals surface area contributed by atoms with E-state index in [-0.39, 0.29) is 17.6 Å². The molecular weight excluding hydrogens is 245 g/mol. The van der Waals surface area contributed by atoms with Gasteiger partial charge < -0.3 is 9.47 Å². The lowest BCUT2D eigenvalue weighted by Gasteiger charge is -2.46. The van der Waals surface area contributed by atoms with Crippen molar-refractivity contribution in [2.75, 3.05) is 20.3 Å². The molecule has 1 unspecified atom stereocenters. The largest absolute Gasteiger partial charge is 0.494 e. The van der Waals surface area contributed by atoms with Gasteiger partial charge in [-0.3, -0.25) is 0 Å². The summed E-state index contributed by atoms with van der Waals surface area (Å²) in [6, 6.07) is 7.26. The van der Waals surface area contributed by atoms with E-state index < -0.39 is 11.2 Å². The summed E-state index contributed by atoms with van der Waals surface area (Å²) in [5, 5.41) is 9.40. The lowest BCUT2D eigenvalue weighted by Crippen LogP contribution is -2.53. The van der Waals surface area contributed by atoms with Crippen molar-refractivity contribution in [2.24, 2.45) is 11.8 Å². The Morgan fingerprint density at radius 2 is 2.11 bits per heavy atom. The summed E-state index contributed by atoms with van der Waals surface area (Å²) in [4.78, 5) is 0. The molecule has 0 spiro atoms. The minimum atomic E-state index is -0.397. The third kappa shape index (κ3) is 2.19. The Labute approximate surface area is 112 Å². The summed E-state index contributed by atoms with van der Waals surface area (Å²) in [6.45, 7) is 4.95. The van der Waals surface area contributed by atoms with Gasteiger partial charge in [0.15, 0.2) is 11.6 Å². The molecule has 0 radical (unpaired) electrons. The number of hydrogen-bond donors (Lipinski definition) is 0. The van der Waals surface area contributed by atoms with Gasteiger partial charge in [-0.05, 0) is 23.6 Å². The van der Waals surface area contributed by atoms with Crippen molar-refractivity contribution in [3.8, 4) is 11.8 Å². The fourth-order valence-electron chi connectivity index (χ4n) is 2.73. The van der Waals surface area contributed by atoms with Crippen molar-refractivity contribution < 1.29 is 13.9 Å². The number of halogens is 1. The number of nitrogens with zero attached hydrogens (tertiary/aromatic N) is 1. The molecule has 1 saturated heterocycles. The third-order valence-corrected chi connectivity index (χ3v) is 3.85. The molecule has 4 heteroatoms. The highest BCUT2D eigenvalue weighted by Gasteiger charge is 2.48. The number of benzene rings is 1. The summed E-state index contributed by atoms with van der Waals surface area (Å²) < 4.78 is 24.1. The van der Waals surface area contributed by atoms with Gasteiger partial charge >= 0.3 is 0 Å². The van der Waals surface area contributed by atoms with Gasteiger partial charge in [-0.2, -0.15) is 5.26 Å². The van der Waals surface area contributed by atoms with Crippen molar-refractivity contribution in [3.63, 3.8) is 0 Å². The summed E-state index contributed by atoms with van der Waals surface area (Å²) in [5.74, 6) is -0.169. The molecule has 0 aromatic heterocycles. The van der Waals surface area contributed by atoms with Crippen LogP contribution in [0.5, 0.6) is 5.75 Å². The van der Waals surface area contributed by atoms with E-state index in [1.54, 1.807) is 6.07 Å². The van der Waals surface area contributed by atoms with Crippen LogP contribution in [0.25, 0.3) is 0 Å². The molecule has 0 saturated carbocycles. The van der Waals surface area contributed by atoms with Gasteiger partial charge in [0.05, 0.1) is 37.7 Å². The van der Waals surface area contributed by atoms with Gasteiger partial charge in [0.2, 0.25) is 0 Å². The molecule has 3 nitrogen and oxygen atoms in total. The molecular formula is C15H18FNO2. The first-order valence-electron chi connectivity index (χ1n) is 6.36. The molecule has 19 heavy (non-hydrogen) atoms. The van der Waals surface area contributed by atoms with Crippen LogP contribution in [0.1, 0.15) is 19.4 Å². The second-order valence-electron chi connectivity index (χ2n) is 5.35. The van der Waals surface area contributed by atoms with Gasteiger partial charge in [-0.15, -0.1) is 0 Å². The lowest BCUT2D eigenvalue weighted by molar-refractivity contribution is -0.0878. The highest BCUT2D eigenvalue weighted by atomic mass is 19.1. The zero-order chi connectivity index (χ0) is 14.0. The molecule has 1 aromatic carbocycles. The van der Waals surface area contributed by atoms with Crippen LogP contribution in [-0.4, -0.2) is 20.3 Å². The van der Waals surface area contributed by atoms with Crippen LogP contribution in [0.3, 0.4) is 0 Å². The average molecular weight is 263 g/mol. The van der Waals surface area contributed by atoms with Crippen LogP contribution in [0.4, 0.5) is 4.39 Å². The molecule has 1 aliphatic heterocycles. The maximum atomic E-state index is 13.9. The second-order valence-corrected chi connectivity index (χ2v) is 5.35. The molecule has 0 aliphatic carbocycles. The number of nitriles is 1. The fraction of sp³-hybridized carbons (Fsp3) is 0.533. The van der Waals surface area contributed by atoms with Gasteiger partial charge in [0, 0.05) is 0 Å². The van der Waals surface area contributed by atoms with Crippen LogP contribution < -0.4 is 4.74 Å². The molecule has 1 atom stereocenters. The van der Waals surface area contributed by atoms with Gasteiger partial charge in [-0.1, -0.05) is 19.9 Å². The van der Waals surface area contributed by atoms with Crippen LogP contribution in [-0.2, 0) is 10.2 Å². The van der Waals surface area contributed by atoms with Crippen molar-refractivity contribution in [3.05, 3.63) is 29.6 Å². The van der Waals surface area contributed by atoms with E-state index in [1.165, 1.54) is 13.2 Å². The maximum Gasteiger partial charge on any atom is 0.165 e. The Balaban J connectivity index is 2.42. The third-order valence-electron chi connectivity index (χ3n) is 3.85. The number of hydrogen-bond acceptors (Lipinski definition) is 3. The van der Waals surface area contributed by atoms with E-state index in [1.807, 2.05) is 19.9 Å². The molecule has 2 rings (SSSR count). The smallest absolute Gasteiger partial charge is 0.165 e. The Hall–Kier alpha value is -1.60. The Morgan fingerprint density at radius 3 is 2.47 bits per heavy atom. The topological polar surface area (TPSA) is 42.2 Å². The van der Waals surface area contributed by atoms with E-state index in [9.17, 15) is 9.65 Å². The Kier molecular flexibility index (Phi) is 3.77. The van der Waals surface area contributed by atoms with Crippen LogP contribution in [0, 0.1) is 29.0 Å². The average Bonchev–Trinajstić information content (AvgIpc) is 2.32. The highest BCUT2D eigenvalue weighted by molar-refractivity contribution is 5.37. The highest BCUT2D eigenvalue weighted by Crippen LogP contribution is 2.43. The summed E-state index contributed by atoms with van der Waals surface area (Å²) in [5.41, 5.74) is 0.424. The first-order valence-corrected chi connectivity index (χ1v) is 6.36. The van der Waals surface area contributed by atoms with Crippen molar-refractivity contribution in [2.45, 2.75) is 19.3 Å². The molecule has 0 bridgehead atoms. The first kappa shape index (κ1) is 13.8. The predicted octanol–water partition coefficient (Wildman–Crippen LogP) is 2.90. The van der Waals surface area contributed by atoms with Gasteiger partial charge in [0.1, 0.15) is 0 Å². The number of rotatable bonds is 4. The van der Waals surface area contributed by atoms with Crippen molar-refractivity contribution in [1.82, 2.24) is 0 Å². The van der Waals surface area contributed by atoms with E-state index in [2.05, 4.69) is 6.07 Å².